The zero-order valence-corrected chi connectivity index (χ0v) is 21.7. The summed E-state index contributed by atoms with van der Waals surface area (Å²) in [6.07, 6.45) is 2.49. The summed E-state index contributed by atoms with van der Waals surface area (Å²) in [5.41, 5.74) is 0.0896. The van der Waals surface area contributed by atoms with Gasteiger partial charge in [-0.15, -0.1) is 0 Å². The first-order valence-corrected chi connectivity index (χ1v) is 14.0. The molecule has 0 aliphatic heterocycles. The van der Waals surface area contributed by atoms with E-state index < -0.39 is 45.7 Å². The van der Waals surface area contributed by atoms with Crippen molar-refractivity contribution < 1.29 is 40.8 Å². The van der Waals surface area contributed by atoms with Crippen LogP contribution >= 0.6 is 0 Å². The molecule has 0 radical (unpaired) electrons. The summed E-state index contributed by atoms with van der Waals surface area (Å²) in [6.45, 7) is 1.69. The van der Waals surface area contributed by atoms with Gasteiger partial charge in [0.25, 0.3) is 0 Å². The number of nitrogens with zero attached hydrogens (tertiary/aromatic N) is 1. The van der Waals surface area contributed by atoms with Crippen molar-refractivity contribution in [3.63, 3.8) is 0 Å². The first-order valence-electron chi connectivity index (χ1n) is 12.2. The number of ketones is 1. The molecule has 0 unspecified atom stereocenters. The van der Waals surface area contributed by atoms with Crippen molar-refractivity contribution in [3.05, 3.63) is 77.1 Å². The SMILES string of the molecule is CCC(=O)c1c(-c2ccc(F)cc2)oc2cc(N(c3cc(F)c(B(O)O)c(F)c3)S(C)(=O)=O)c(C3CC3)cc12. The zero-order valence-electron chi connectivity index (χ0n) is 20.9. The number of carbonyl (C=O) groups excluding carboxylic acids is 1. The number of hydrogen-bond acceptors (Lipinski definition) is 6. The molecule has 202 valence electrons. The molecule has 12 heteroatoms. The highest BCUT2D eigenvalue weighted by atomic mass is 32.2. The molecule has 1 heterocycles. The van der Waals surface area contributed by atoms with E-state index in [4.69, 9.17) is 4.42 Å². The average molecular weight is 557 g/mol. The van der Waals surface area contributed by atoms with Crippen LogP contribution in [0.1, 0.15) is 48.0 Å². The Kier molecular flexibility index (Phi) is 6.82. The van der Waals surface area contributed by atoms with Gasteiger partial charge in [-0.1, -0.05) is 6.92 Å². The van der Waals surface area contributed by atoms with Crippen LogP contribution in [0.15, 0.2) is 52.9 Å². The number of rotatable bonds is 8. The topological polar surface area (TPSA) is 108 Å². The maximum atomic E-state index is 14.7. The highest BCUT2D eigenvalue weighted by molar-refractivity contribution is 7.92. The van der Waals surface area contributed by atoms with E-state index in [1.54, 1.807) is 13.0 Å². The lowest BCUT2D eigenvalue weighted by atomic mass is 9.79. The maximum Gasteiger partial charge on any atom is 0.494 e. The van der Waals surface area contributed by atoms with Gasteiger partial charge < -0.3 is 14.5 Å². The highest BCUT2D eigenvalue weighted by Crippen LogP contribution is 2.49. The molecule has 1 fully saturated rings. The first-order chi connectivity index (χ1) is 18.4. The van der Waals surface area contributed by atoms with Gasteiger partial charge in [-0.05, 0) is 66.8 Å². The molecule has 4 aromatic rings. The fourth-order valence-corrected chi connectivity index (χ4v) is 5.75. The Hall–Kier alpha value is -3.61. The molecule has 5 rings (SSSR count). The molecule has 39 heavy (non-hydrogen) atoms. The van der Waals surface area contributed by atoms with Gasteiger partial charge in [0.05, 0.1) is 28.7 Å². The fraction of sp³-hybridized carbons (Fsp3) is 0.222. The monoisotopic (exact) mass is 557 g/mol. The molecule has 7 nitrogen and oxygen atoms in total. The Morgan fingerprint density at radius 1 is 1.05 bits per heavy atom. The summed E-state index contributed by atoms with van der Waals surface area (Å²) >= 11 is 0. The largest absolute Gasteiger partial charge is 0.494 e. The lowest BCUT2D eigenvalue weighted by Gasteiger charge is -2.26. The Bertz CT molecular complexity index is 1690. The lowest BCUT2D eigenvalue weighted by Crippen LogP contribution is -2.36. The smallest absolute Gasteiger partial charge is 0.455 e. The van der Waals surface area contributed by atoms with Crippen molar-refractivity contribution in [3.8, 4) is 11.3 Å². The number of anilines is 2. The van der Waals surface area contributed by atoms with Gasteiger partial charge >= 0.3 is 7.12 Å². The molecule has 1 aliphatic rings. The van der Waals surface area contributed by atoms with Crippen LogP contribution in [0.4, 0.5) is 24.5 Å². The number of hydrogen-bond donors (Lipinski definition) is 2. The van der Waals surface area contributed by atoms with Crippen molar-refractivity contribution >= 4 is 50.7 Å². The molecule has 0 atom stereocenters. The average Bonchev–Trinajstić information content (AvgIpc) is 3.62. The van der Waals surface area contributed by atoms with Gasteiger partial charge in [-0.2, -0.15) is 0 Å². The van der Waals surface area contributed by atoms with Crippen LogP contribution in [0.3, 0.4) is 0 Å². The minimum atomic E-state index is -4.19. The molecule has 2 N–H and O–H groups in total. The summed E-state index contributed by atoms with van der Waals surface area (Å²) in [4.78, 5) is 13.0. The molecule has 3 aromatic carbocycles. The number of carbonyl (C=O) groups is 1. The molecular weight excluding hydrogens is 534 g/mol. The zero-order chi connectivity index (χ0) is 28.2. The van der Waals surface area contributed by atoms with E-state index in [-0.39, 0.29) is 40.7 Å². The van der Waals surface area contributed by atoms with Crippen LogP contribution in [0.2, 0.25) is 0 Å². The van der Waals surface area contributed by atoms with Crippen LogP contribution in [0, 0.1) is 17.5 Å². The number of furan rings is 1. The van der Waals surface area contributed by atoms with Crippen molar-refractivity contribution in [2.24, 2.45) is 0 Å². The fourth-order valence-electron chi connectivity index (χ4n) is 4.75. The summed E-state index contributed by atoms with van der Waals surface area (Å²) in [6, 6.07) is 9.88. The number of Topliss-reactive ketones (excluding diaryl/α,β-unsaturated/α-hetero) is 1. The summed E-state index contributed by atoms with van der Waals surface area (Å²) < 4.78 is 75.9. The Labute approximate surface area is 222 Å². The molecule has 0 saturated heterocycles. The normalized spacial score (nSPS) is 13.6. The lowest BCUT2D eigenvalue weighted by molar-refractivity contribution is 0.0989. The van der Waals surface area contributed by atoms with Gasteiger partial charge in [-0.3, -0.25) is 4.79 Å². The van der Waals surface area contributed by atoms with Gasteiger partial charge in [0.1, 0.15) is 28.8 Å². The summed E-state index contributed by atoms with van der Waals surface area (Å²) in [7, 11) is -6.63. The number of sulfonamides is 1. The molecule has 1 aliphatic carbocycles. The van der Waals surface area contributed by atoms with Gasteiger partial charge in [0, 0.05) is 23.4 Å². The van der Waals surface area contributed by atoms with Crippen LogP contribution in [0.25, 0.3) is 22.3 Å². The van der Waals surface area contributed by atoms with Gasteiger partial charge in [0.15, 0.2) is 5.78 Å². The van der Waals surface area contributed by atoms with Crippen LogP contribution < -0.4 is 9.77 Å². The second-order valence-electron chi connectivity index (χ2n) is 9.50. The quantitative estimate of drug-likeness (QED) is 0.239. The van der Waals surface area contributed by atoms with E-state index in [2.05, 4.69) is 0 Å². The maximum absolute atomic E-state index is 14.7. The third kappa shape index (κ3) is 4.95. The molecule has 1 aromatic heterocycles. The number of fused-ring (bicyclic) bond motifs is 1. The predicted molar refractivity (Wildman–Crippen MR) is 141 cm³/mol. The van der Waals surface area contributed by atoms with Crippen molar-refractivity contribution in [2.75, 3.05) is 10.6 Å². The van der Waals surface area contributed by atoms with Gasteiger partial charge in [0.2, 0.25) is 10.0 Å². The minimum Gasteiger partial charge on any atom is -0.455 e. The van der Waals surface area contributed by atoms with Crippen molar-refractivity contribution in [2.45, 2.75) is 32.1 Å². The van der Waals surface area contributed by atoms with Crippen LogP contribution in [-0.4, -0.2) is 37.6 Å². The highest BCUT2D eigenvalue weighted by Gasteiger charge is 2.35. The standard InChI is InChI=1S/C27H23BF3NO6S/c1-3-23(33)25-19-12-18(14-4-5-14)22(13-24(19)38-27(25)15-6-8-16(29)9-7-15)32(39(2,36)37)17-10-20(30)26(28(34)35)21(31)11-17/h6-14,34-35H,3-5H2,1-2H3. The molecule has 0 spiro atoms. The van der Waals surface area contributed by atoms with Crippen molar-refractivity contribution in [1.29, 1.82) is 0 Å². The summed E-state index contributed by atoms with van der Waals surface area (Å²) in [5, 5.41) is 19.1. The Morgan fingerprint density at radius 2 is 1.67 bits per heavy atom. The second-order valence-corrected chi connectivity index (χ2v) is 11.3. The van der Waals surface area contributed by atoms with Crippen LogP contribution in [-0.2, 0) is 10.0 Å². The number of halogens is 3. The number of benzene rings is 3. The Morgan fingerprint density at radius 3 is 2.18 bits per heavy atom. The second kappa shape index (κ2) is 9.85. The van der Waals surface area contributed by atoms with Crippen molar-refractivity contribution in [1.82, 2.24) is 0 Å². The van der Waals surface area contributed by atoms with E-state index in [0.29, 0.717) is 28.6 Å². The molecule has 0 bridgehead atoms. The van der Waals surface area contributed by atoms with E-state index in [0.717, 1.165) is 23.4 Å². The third-order valence-corrected chi connectivity index (χ3v) is 7.74. The van der Waals surface area contributed by atoms with E-state index >= 15 is 0 Å². The van der Waals surface area contributed by atoms with E-state index in [1.807, 2.05) is 0 Å². The van der Waals surface area contributed by atoms with Gasteiger partial charge in [-0.25, -0.2) is 25.9 Å². The van der Waals surface area contributed by atoms with E-state index in [1.165, 1.54) is 30.3 Å². The minimum absolute atomic E-state index is 0.0735. The third-order valence-electron chi connectivity index (χ3n) is 6.67. The summed E-state index contributed by atoms with van der Waals surface area (Å²) in [5.74, 6) is -3.26. The molecule has 0 amide bonds. The van der Waals surface area contributed by atoms with E-state index in [9.17, 15) is 36.4 Å². The molecule has 1 saturated carbocycles. The van der Waals surface area contributed by atoms with Crippen LogP contribution in [0.5, 0.6) is 0 Å². The predicted octanol–water partition coefficient (Wildman–Crippen LogP) is 4.76. The first kappa shape index (κ1) is 27.0. The Balaban J connectivity index is 1.79. The molecular formula is C27H23BF3NO6S.